The zero-order valence-electron chi connectivity index (χ0n) is 13.2. The third kappa shape index (κ3) is 2.15. The summed E-state index contributed by atoms with van der Waals surface area (Å²) in [6.45, 7) is 0.775. The van der Waals surface area contributed by atoms with Gasteiger partial charge < -0.3 is 18.9 Å². The van der Waals surface area contributed by atoms with E-state index >= 15 is 0 Å². The average Bonchev–Trinajstić information content (AvgIpc) is 3.27. The highest BCUT2D eigenvalue weighted by Crippen LogP contribution is 2.46. The van der Waals surface area contributed by atoms with Gasteiger partial charge in [-0.15, -0.1) is 0 Å². The van der Waals surface area contributed by atoms with Gasteiger partial charge in [0.1, 0.15) is 5.78 Å². The maximum Gasteiger partial charge on any atom is 0.218 e. The lowest BCUT2D eigenvalue weighted by Crippen LogP contribution is -2.43. The minimum atomic E-state index is -0.726. The Labute approximate surface area is 138 Å². The molecule has 130 valence electrons. The van der Waals surface area contributed by atoms with Gasteiger partial charge in [-0.1, -0.05) is 0 Å². The monoisotopic (exact) mass is 336 g/mol. The van der Waals surface area contributed by atoms with E-state index in [0.717, 1.165) is 12.8 Å². The molecule has 0 spiro atoms. The number of ketones is 3. The number of carbonyl (C=O) groups excluding carboxylic acids is 3. The van der Waals surface area contributed by atoms with E-state index in [1.165, 1.54) is 0 Å². The van der Waals surface area contributed by atoms with Crippen LogP contribution < -0.4 is 0 Å². The van der Waals surface area contributed by atoms with Crippen LogP contribution in [-0.4, -0.2) is 55.4 Å². The molecular formula is C17H20O7. The van der Waals surface area contributed by atoms with Crippen molar-refractivity contribution in [3.8, 4) is 0 Å². The second-order valence-electron chi connectivity index (χ2n) is 7.54. The summed E-state index contributed by atoms with van der Waals surface area (Å²) in [6, 6.07) is 0. The molecule has 0 aromatic carbocycles. The zero-order chi connectivity index (χ0) is 16.4. The fourth-order valence-corrected chi connectivity index (χ4v) is 5.12. The SMILES string of the molecule is O=C1C[C@@H]([C@@H]2CCC([C@@H]3CC(=O)[C@@H]4OC[C@H]3O4)C2=O)[C@H]2CO[C@@H]1O2. The van der Waals surface area contributed by atoms with Crippen molar-refractivity contribution < 1.29 is 33.3 Å². The van der Waals surface area contributed by atoms with E-state index in [0.29, 0.717) is 26.1 Å². The van der Waals surface area contributed by atoms with E-state index in [2.05, 4.69) is 0 Å². The molecule has 0 aromatic heterocycles. The molecule has 0 amide bonds. The van der Waals surface area contributed by atoms with Gasteiger partial charge in [-0.2, -0.15) is 0 Å². The first kappa shape index (κ1) is 15.1. The molecular weight excluding hydrogens is 316 g/mol. The van der Waals surface area contributed by atoms with Gasteiger partial charge in [0.15, 0.2) is 11.6 Å². The first-order valence-electron chi connectivity index (χ1n) is 8.75. The molecule has 5 fully saturated rings. The van der Waals surface area contributed by atoms with Crippen LogP contribution in [0.1, 0.15) is 25.7 Å². The van der Waals surface area contributed by atoms with Crippen LogP contribution in [0.5, 0.6) is 0 Å². The van der Waals surface area contributed by atoms with Crippen molar-refractivity contribution >= 4 is 17.3 Å². The van der Waals surface area contributed by atoms with E-state index in [9.17, 15) is 14.4 Å². The Hall–Kier alpha value is -1.15. The summed E-state index contributed by atoms with van der Waals surface area (Å²) in [5, 5.41) is 0. The van der Waals surface area contributed by atoms with Gasteiger partial charge in [-0.05, 0) is 12.8 Å². The highest BCUT2D eigenvalue weighted by atomic mass is 16.7. The van der Waals surface area contributed by atoms with Crippen molar-refractivity contribution in [2.24, 2.45) is 23.7 Å². The molecule has 1 aliphatic carbocycles. The minimum absolute atomic E-state index is 0.0618. The molecule has 1 saturated carbocycles. The standard InChI is InChI=1S/C17H20O7/c18-11-3-9(13-5-21-16(11)23-13)7-1-2-8(15(7)20)10-4-12(19)17-22-6-14(10)24-17/h7-10,13-14,16-17H,1-6H2/t7-,8?,9-,10-,13+,14+,16+,17+/m0/s1. The van der Waals surface area contributed by atoms with Crippen LogP contribution >= 0.6 is 0 Å². The molecule has 5 rings (SSSR count). The third-order valence-corrected chi connectivity index (χ3v) is 6.33. The summed E-state index contributed by atoms with van der Waals surface area (Å²) in [4.78, 5) is 37.1. The molecule has 4 bridgehead atoms. The Morgan fingerprint density at radius 2 is 1.17 bits per heavy atom. The largest absolute Gasteiger partial charge is 0.343 e. The summed E-state index contributed by atoms with van der Waals surface area (Å²) in [5.41, 5.74) is 0. The molecule has 4 saturated heterocycles. The van der Waals surface area contributed by atoms with Gasteiger partial charge in [0.2, 0.25) is 12.6 Å². The molecule has 24 heavy (non-hydrogen) atoms. The van der Waals surface area contributed by atoms with Crippen molar-refractivity contribution in [3.63, 3.8) is 0 Å². The predicted octanol–water partition coefficient (Wildman–Crippen LogP) is 0.243. The van der Waals surface area contributed by atoms with Crippen molar-refractivity contribution in [3.05, 3.63) is 0 Å². The lowest BCUT2D eigenvalue weighted by Gasteiger charge is -2.32. The number of fused-ring (bicyclic) bond motifs is 4. The highest BCUT2D eigenvalue weighted by Gasteiger charge is 2.54. The summed E-state index contributed by atoms with van der Waals surface area (Å²) < 4.78 is 21.9. The Morgan fingerprint density at radius 1 is 0.708 bits per heavy atom. The maximum atomic E-state index is 13.1. The molecule has 0 aromatic rings. The van der Waals surface area contributed by atoms with Crippen LogP contribution in [0.25, 0.3) is 0 Å². The molecule has 1 unspecified atom stereocenters. The van der Waals surface area contributed by atoms with Gasteiger partial charge in [-0.3, -0.25) is 14.4 Å². The topological polar surface area (TPSA) is 88.1 Å². The smallest absolute Gasteiger partial charge is 0.218 e. The number of rotatable bonds is 2. The Bertz CT molecular complexity index is 552. The summed E-state index contributed by atoms with van der Waals surface area (Å²) in [7, 11) is 0. The molecule has 8 atom stereocenters. The van der Waals surface area contributed by atoms with Crippen molar-refractivity contribution in [2.45, 2.75) is 50.5 Å². The number of hydrogen-bond acceptors (Lipinski definition) is 7. The third-order valence-electron chi connectivity index (χ3n) is 6.33. The fourth-order valence-electron chi connectivity index (χ4n) is 5.12. The lowest BCUT2D eigenvalue weighted by molar-refractivity contribution is -0.161. The molecule has 0 N–H and O–H groups in total. The van der Waals surface area contributed by atoms with Crippen LogP contribution in [0.2, 0.25) is 0 Å². The van der Waals surface area contributed by atoms with Crippen LogP contribution in [0.3, 0.4) is 0 Å². The first-order chi connectivity index (χ1) is 11.6. The van der Waals surface area contributed by atoms with Gasteiger partial charge in [-0.25, -0.2) is 0 Å². The number of hydrogen-bond donors (Lipinski definition) is 0. The fraction of sp³-hybridized carbons (Fsp3) is 0.824. The van der Waals surface area contributed by atoms with E-state index in [1.54, 1.807) is 0 Å². The van der Waals surface area contributed by atoms with E-state index in [4.69, 9.17) is 18.9 Å². The van der Waals surface area contributed by atoms with Crippen LogP contribution in [0, 0.1) is 23.7 Å². The summed E-state index contributed by atoms with van der Waals surface area (Å²) >= 11 is 0. The minimum Gasteiger partial charge on any atom is -0.343 e. The summed E-state index contributed by atoms with van der Waals surface area (Å²) in [6.07, 6.45) is 0.417. The van der Waals surface area contributed by atoms with Gasteiger partial charge >= 0.3 is 0 Å². The second-order valence-corrected chi connectivity index (χ2v) is 7.54. The molecule has 7 heteroatoms. The van der Waals surface area contributed by atoms with Crippen LogP contribution in [0.4, 0.5) is 0 Å². The maximum absolute atomic E-state index is 13.1. The van der Waals surface area contributed by atoms with E-state index < -0.39 is 12.6 Å². The van der Waals surface area contributed by atoms with E-state index in [-0.39, 0.29) is 53.2 Å². The molecule has 7 nitrogen and oxygen atoms in total. The first-order valence-corrected chi connectivity index (χ1v) is 8.75. The Kier molecular flexibility index (Phi) is 3.42. The van der Waals surface area contributed by atoms with Crippen molar-refractivity contribution in [2.75, 3.05) is 13.2 Å². The van der Waals surface area contributed by atoms with Crippen molar-refractivity contribution in [1.82, 2.24) is 0 Å². The Balaban J connectivity index is 1.34. The second kappa shape index (κ2) is 5.42. The summed E-state index contributed by atoms with van der Waals surface area (Å²) in [5.74, 6) is -0.513. The van der Waals surface area contributed by atoms with Crippen molar-refractivity contribution in [1.29, 1.82) is 0 Å². The number of Topliss-reactive ketones (excluding diaryl/α,β-unsaturated/α-hetero) is 3. The van der Waals surface area contributed by atoms with E-state index in [1.807, 2.05) is 0 Å². The molecule has 4 aliphatic heterocycles. The Morgan fingerprint density at radius 3 is 1.62 bits per heavy atom. The van der Waals surface area contributed by atoms with Crippen LogP contribution in [0.15, 0.2) is 0 Å². The lowest BCUT2D eigenvalue weighted by atomic mass is 9.77. The average molecular weight is 336 g/mol. The zero-order valence-corrected chi connectivity index (χ0v) is 13.2. The normalized spacial score (nSPS) is 50.8. The quantitative estimate of drug-likeness (QED) is 0.714. The number of carbonyl (C=O) groups is 3. The number of ether oxygens (including phenoxy) is 4. The van der Waals surface area contributed by atoms with Gasteiger partial charge in [0.05, 0.1) is 25.4 Å². The predicted molar refractivity (Wildman–Crippen MR) is 76.7 cm³/mol. The molecule has 0 radical (unpaired) electrons. The molecule has 4 heterocycles. The van der Waals surface area contributed by atoms with Crippen LogP contribution in [-0.2, 0) is 33.3 Å². The highest BCUT2D eigenvalue weighted by molar-refractivity contribution is 5.90. The van der Waals surface area contributed by atoms with Gasteiger partial charge in [0, 0.05) is 36.5 Å². The molecule has 5 aliphatic rings. The van der Waals surface area contributed by atoms with Gasteiger partial charge in [0.25, 0.3) is 0 Å².